The molecule has 3 aromatic heterocycles. The van der Waals surface area contributed by atoms with Crippen LogP contribution in [0.15, 0.2) is 24.8 Å². The molecule has 0 unspecified atom stereocenters. The van der Waals surface area contributed by atoms with Gasteiger partial charge in [0, 0.05) is 32.4 Å². The van der Waals surface area contributed by atoms with Crippen molar-refractivity contribution in [2.24, 2.45) is 7.05 Å². The number of fused-ring (bicyclic) bond motifs is 2. The summed E-state index contributed by atoms with van der Waals surface area (Å²) in [6.07, 6.45) is 6.38. The number of aromatic nitrogens is 5. The van der Waals surface area contributed by atoms with Gasteiger partial charge < -0.3 is 9.47 Å². The second kappa shape index (κ2) is 4.00. The summed E-state index contributed by atoms with van der Waals surface area (Å²) in [6.45, 7) is 1.02. The smallest absolute Gasteiger partial charge is 0.163 e. The van der Waals surface area contributed by atoms with Crippen LogP contribution in [-0.4, -0.2) is 38.1 Å². The van der Waals surface area contributed by atoms with Crippen LogP contribution in [0.1, 0.15) is 5.56 Å². The summed E-state index contributed by atoms with van der Waals surface area (Å²) < 4.78 is 1.90. The van der Waals surface area contributed by atoms with Gasteiger partial charge in [-0.1, -0.05) is 0 Å². The molecule has 0 amide bonds. The second-order valence-corrected chi connectivity index (χ2v) is 5.14. The zero-order valence-electron chi connectivity index (χ0n) is 11.4. The van der Waals surface area contributed by atoms with Crippen LogP contribution in [0.3, 0.4) is 0 Å². The maximum Gasteiger partial charge on any atom is 0.163 e. The fourth-order valence-corrected chi connectivity index (χ4v) is 2.61. The van der Waals surface area contributed by atoms with Crippen molar-refractivity contribution in [2.75, 3.05) is 18.5 Å². The topological polar surface area (TPSA) is 59.7 Å². The van der Waals surface area contributed by atoms with Crippen molar-refractivity contribution >= 4 is 17.0 Å². The quantitative estimate of drug-likeness (QED) is 0.666. The van der Waals surface area contributed by atoms with E-state index in [9.17, 15) is 0 Å². The monoisotopic (exact) mass is 266 g/mol. The van der Waals surface area contributed by atoms with Crippen LogP contribution in [0.25, 0.3) is 22.6 Å². The SMILES string of the molecule is CN1CCc2cc(-c3ncc4ncn(C)c4n3)cnc21. The lowest BCUT2D eigenvalue weighted by Gasteiger charge is -2.10. The van der Waals surface area contributed by atoms with Crippen LogP contribution in [0.4, 0.5) is 5.82 Å². The van der Waals surface area contributed by atoms with Crippen LogP contribution < -0.4 is 4.90 Å². The van der Waals surface area contributed by atoms with Crippen molar-refractivity contribution in [3.8, 4) is 11.4 Å². The van der Waals surface area contributed by atoms with E-state index in [-0.39, 0.29) is 0 Å². The molecule has 20 heavy (non-hydrogen) atoms. The van der Waals surface area contributed by atoms with Gasteiger partial charge in [-0.25, -0.2) is 19.9 Å². The van der Waals surface area contributed by atoms with Crippen LogP contribution >= 0.6 is 0 Å². The van der Waals surface area contributed by atoms with Crippen molar-refractivity contribution in [3.05, 3.63) is 30.4 Å². The van der Waals surface area contributed by atoms with E-state index in [4.69, 9.17) is 0 Å². The number of hydrogen-bond acceptors (Lipinski definition) is 5. The molecule has 0 radical (unpaired) electrons. The molecular formula is C14H14N6. The second-order valence-electron chi connectivity index (χ2n) is 5.14. The first-order valence-electron chi connectivity index (χ1n) is 6.57. The fourth-order valence-electron chi connectivity index (χ4n) is 2.61. The number of imidazole rings is 1. The lowest BCUT2D eigenvalue weighted by molar-refractivity contribution is 0.929. The zero-order chi connectivity index (χ0) is 13.7. The molecule has 0 spiro atoms. The Morgan fingerprint density at radius 3 is 2.90 bits per heavy atom. The van der Waals surface area contributed by atoms with Gasteiger partial charge in [0.25, 0.3) is 0 Å². The minimum Gasteiger partial charge on any atom is -0.359 e. The minimum absolute atomic E-state index is 0.700. The normalized spacial score (nSPS) is 14.0. The lowest BCUT2D eigenvalue weighted by Crippen LogP contribution is -2.13. The number of hydrogen-bond donors (Lipinski definition) is 0. The molecule has 6 heteroatoms. The molecule has 3 aromatic rings. The highest BCUT2D eigenvalue weighted by atomic mass is 15.2. The van der Waals surface area contributed by atoms with E-state index in [1.165, 1.54) is 5.56 Å². The Kier molecular flexibility index (Phi) is 2.26. The maximum absolute atomic E-state index is 4.59. The Labute approximate surface area is 116 Å². The highest BCUT2D eigenvalue weighted by molar-refractivity contribution is 5.73. The molecule has 0 N–H and O–H groups in total. The summed E-state index contributed by atoms with van der Waals surface area (Å²) in [7, 11) is 4.00. The molecule has 0 atom stereocenters. The van der Waals surface area contributed by atoms with Gasteiger partial charge in [0.2, 0.25) is 0 Å². The summed E-state index contributed by atoms with van der Waals surface area (Å²) >= 11 is 0. The Bertz CT molecular complexity index is 807. The van der Waals surface area contributed by atoms with E-state index < -0.39 is 0 Å². The Morgan fingerprint density at radius 1 is 1.10 bits per heavy atom. The van der Waals surface area contributed by atoms with E-state index in [0.29, 0.717) is 5.82 Å². The molecule has 1 aliphatic heterocycles. The summed E-state index contributed by atoms with van der Waals surface area (Å²) in [5, 5.41) is 0. The standard InChI is InChI=1S/C14H14N6/c1-19-4-3-9-5-10(6-16-13(9)19)12-15-7-11-14(18-12)20(2)8-17-11/h5-8H,3-4H2,1-2H3. The third kappa shape index (κ3) is 1.57. The average Bonchev–Trinajstić information content (AvgIpc) is 3.03. The third-order valence-electron chi connectivity index (χ3n) is 3.73. The molecule has 1 aliphatic rings. The van der Waals surface area contributed by atoms with Gasteiger partial charge in [-0.3, -0.25) is 0 Å². The number of likely N-dealkylation sites (N-methyl/N-ethyl adjacent to an activating group) is 1. The molecule has 0 fully saturated rings. The van der Waals surface area contributed by atoms with Crippen LogP contribution in [-0.2, 0) is 13.5 Å². The highest BCUT2D eigenvalue weighted by Gasteiger charge is 2.18. The van der Waals surface area contributed by atoms with Gasteiger partial charge in [0.05, 0.1) is 12.5 Å². The summed E-state index contributed by atoms with van der Waals surface area (Å²) in [5.41, 5.74) is 3.87. The van der Waals surface area contributed by atoms with Gasteiger partial charge >= 0.3 is 0 Å². The van der Waals surface area contributed by atoms with E-state index in [1.807, 2.05) is 17.8 Å². The minimum atomic E-state index is 0.700. The Morgan fingerprint density at radius 2 is 2.00 bits per heavy atom. The number of rotatable bonds is 1. The van der Waals surface area contributed by atoms with Crippen molar-refractivity contribution in [1.29, 1.82) is 0 Å². The van der Waals surface area contributed by atoms with Crippen molar-refractivity contribution in [3.63, 3.8) is 0 Å². The fraction of sp³-hybridized carbons (Fsp3) is 0.286. The van der Waals surface area contributed by atoms with Crippen LogP contribution in [0, 0.1) is 0 Å². The maximum atomic E-state index is 4.59. The van der Waals surface area contributed by atoms with E-state index in [0.717, 1.165) is 35.5 Å². The molecule has 0 aliphatic carbocycles. The molecule has 100 valence electrons. The van der Waals surface area contributed by atoms with Gasteiger partial charge in [0.1, 0.15) is 11.3 Å². The van der Waals surface area contributed by atoms with Crippen LogP contribution in [0.2, 0.25) is 0 Å². The third-order valence-corrected chi connectivity index (χ3v) is 3.73. The molecule has 4 heterocycles. The summed E-state index contributed by atoms with van der Waals surface area (Å²) in [5.74, 6) is 1.77. The molecular weight excluding hydrogens is 252 g/mol. The van der Waals surface area contributed by atoms with Gasteiger partial charge in [-0.2, -0.15) is 0 Å². The zero-order valence-corrected chi connectivity index (χ0v) is 11.4. The Hall–Kier alpha value is -2.50. The van der Waals surface area contributed by atoms with Crippen LogP contribution in [0.5, 0.6) is 0 Å². The highest BCUT2D eigenvalue weighted by Crippen LogP contribution is 2.27. The summed E-state index contributed by atoms with van der Waals surface area (Å²) in [6, 6.07) is 2.14. The number of pyridine rings is 1. The van der Waals surface area contributed by atoms with Gasteiger partial charge in [-0.15, -0.1) is 0 Å². The van der Waals surface area contributed by atoms with Gasteiger partial charge in [-0.05, 0) is 18.1 Å². The molecule has 4 rings (SSSR count). The number of aryl methyl sites for hydroxylation is 1. The molecule has 0 bridgehead atoms. The first-order chi connectivity index (χ1) is 9.72. The van der Waals surface area contributed by atoms with Crippen molar-refractivity contribution in [2.45, 2.75) is 6.42 Å². The average molecular weight is 266 g/mol. The number of nitrogens with zero attached hydrogens (tertiary/aromatic N) is 6. The molecule has 0 saturated carbocycles. The van der Waals surface area contributed by atoms with E-state index in [2.05, 4.69) is 37.9 Å². The first-order valence-corrected chi connectivity index (χ1v) is 6.57. The van der Waals surface area contributed by atoms with E-state index in [1.54, 1.807) is 12.5 Å². The number of anilines is 1. The molecule has 0 saturated heterocycles. The predicted octanol–water partition coefficient (Wildman–Crippen LogP) is 1.42. The first kappa shape index (κ1) is 11.3. The predicted molar refractivity (Wildman–Crippen MR) is 76.5 cm³/mol. The van der Waals surface area contributed by atoms with Crippen molar-refractivity contribution in [1.82, 2.24) is 24.5 Å². The Balaban J connectivity index is 1.84. The van der Waals surface area contributed by atoms with Gasteiger partial charge in [0.15, 0.2) is 11.5 Å². The van der Waals surface area contributed by atoms with Crippen molar-refractivity contribution < 1.29 is 0 Å². The largest absolute Gasteiger partial charge is 0.359 e. The van der Waals surface area contributed by atoms with E-state index >= 15 is 0 Å². The summed E-state index contributed by atoms with van der Waals surface area (Å²) in [4.78, 5) is 19.9. The molecule has 0 aromatic carbocycles. The molecule has 6 nitrogen and oxygen atoms in total. The lowest BCUT2D eigenvalue weighted by atomic mass is 10.1.